The van der Waals surface area contributed by atoms with E-state index in [1.54, 1.807) is 0 Å². The summed E-state index contributed by atoms with van der Waals surface area (Å²) < 4.78 is 9.66. The molecule has 0 aliphatic rings. The van der Waals surface area contributed by atoms with Gasteiger partial charge in [-0.1, -0.05) is 26.6 Å². The van der Waals surface area contributed by atoms with Crippen LogP contribution in [0, 0.1) is 0 Å². The molecule has 92 valence electrons. The molecule has 0 saturated carbocycles. The third-order valence-electron chi connectivity index (χ3n) is 2.15. The van der Waals surface area contributed by atoms with E-state index in [0.29, 0.717) is 0 Å². The lowest BCUT2D eigenvalue weighted by Gasteiger charge is -2.26. The Labute approximate surface area is 97.6 Å². The fourth-order valence-corrected chi connectivity index (χ4v) is 2.95. The van der Waals surface area contributed by atoms with Crippen molar-refractivity contribution in [2.45, 2.75) is 38.7 Å². The summed E-state index contributed by atoms with van der Waals surface area (Å²) in [5, 5.41) is 0. The van der Waals surface area contributed by atoms with Crippen LogP contribution in [0.2, 0.25) is 19.6 Å². The van der Waals surface area contributed by atoms with Gasteiger partial charge in [0.2, 0.25) is 0 Å². The third-order valence-corrected chi connectivity index (χ3v) is 4.61. The maximum Gasteiger partial charge on any atom is 0.330 e. The van der Waals surface area contributed by atoms with Gasteiger partial charge in [0.05, 0.1) is 20.9 Å². The van der Waals surface area contributed by atoms with Crippen LogP contribution < -0.4 is 0 Å². The lowest BCUT2D eigenvalue weighted by Crippen LogP contribution is -2.41. The summed E-state index contributed by atoms with van der Waals surface area (Å²) in [4.78, 5) is 22.1. The van der Waals surface area contributed by atoms with E-state index in [9.17, 15) is 9.59 Å². The van der Waals surface area contributed by atoms with Crippen molar-refractivity contribution in [2.75, 3.05) is 7.11 Å². The molecule has 0 aliphatic carbocycles. The molecule has 1 atom stereocenters. The number of hydrogen-bond donors (Lipinski definition) is 0. The predicted octanol–water partition coefficient (Wildman–Crippen LogP) is 1.91. The fraction of sp³-hybridized carbons (Fsp3) is 0.636. The van der Waals surface area contributed by atoms with Gasteiger partial charge in [0.1, 0.15) is 0 Å². The van der Waals surface area contributed by atoms with Crippen molar-refractivity contribution < 1.29 is 19.1 Å². The average Bonchev–Trinajstić information content (AvgIpc) is 2.20. The van der Waals surface area contributed by atoms with Crippen molar-refractivity contribution in [2.24, 2.45) is 0 Å². The molecule has 1 unspecified atom stereocenters. The van der Waals surface area contributed by atoms with Crippen LogP contribution >= 0.6 is 0 Å². The smallest absolute Gasteiger partial charge is 0.330 e. The predicted molar refractivity (Wildman–Crippen MR) is 64.7 cm³/mol. The van der Waals surface area contributed by atoms with Gasteiger partial charge in [0.25, 0.3) is 0 Å². The Hall–Kier alpha value is -1.10. The minimum absolute atomic E-state index is 0.0257. The van der Waals surface area contributed by atoms with Gasteiger partial charge in [-0.25, -0.2) is 9.59 Å². The number of carbonyl (C=O) groups excluding carboxylic acids is 2. The molecule has 0 aromatic heterocycles. The number of hydrogen-bond acceptors (Lipinski definition) is 4. The summed E-state index contributed by atoms with van der Waals surface area (Å²) in [6, 6.07) is 0. The van der Waals surface area contributed by atoms with Crippen LogP contribution in [0.1, 0.15) is 13.3 Å². The average molecular weight is 244 g/mol. The second kappa shape index (κ2) is 6.47. The van der Waals surface area contributed by atoms with Gasteiger partial charge in [0, 0.05) is 12.2 Å². The van der Waals surface area contributed by atoms with Crippen LogP contribution in [0.25, 0.3) is 0 Å². The molecule has 0 fully saturated rings. The molecule has 4 nitrogen and oxygen atoms in total. The molecule has 0 aromatic rings. The molecular weight excluding hydrogens is 224 g/mol. The van der Waals surface area contributed by atoms with Crippen molar-refractivity contribution in [3.63, 3.8) is 0 Å². The highest BCUT2D eigenvalue weighted by molar-refractivity contribution is 6.77. The summed E-state index contributed by atoms with van der Waals surface area (Å²) in [5.41, 5.74) is -0.0257. The minimum atomic E-state index is -1.51. The van der Waals surface area contributed by atoms with E-state index in [1.165, 1.54) is 7.11 Å². The van der Waals surface area contributed by atoms with Crippen molar-refractivity contribution in [1.82, 2.24) is 0 Å². The Morgan fingerprint density at radius 2 is 1.69 bits per heavy atom. The summed E-state index contributed by atoms with van der Waals surface area (Å²) in [6.45, 7) is 8.40. The Morgan fingerprint density at radius 1 is 1.19 bits per heavy atom. The molecule has 0 saturated heterocycles. The molecule has 0 radical (unpaired) electrons. The highest BCUT2D eigenvalue weighted by Crippen LogP contribution is 2.15. The van der Waals surface area contributed by atoms with Crippen molar-refractivity contribution in [3.05, 3.63) is 12.2 Å². The molecule has 16 heavy (non-hydrogen) atoms. The largest absolute Gasteiger partial charge is 0.466 e. The van der Waals surface area contributed by atoms with E-state index in [1.807, 2.05) is 6.92 Å². The first kappa shape index (κ1) is 14.9. The SMILES string of the molecule is CCC(OC(=O)C=CC(=O)OC)[Si](C)(C)C. The Morgan fingerprint density at radius 3 is 2.06 bits per heavy atom. The first-order chi connectivity index (χ1) is 7.31. The van der Waals surface area contributed by atoms with Crippen LogP contribution in [0.5, 0.6) is 0 Å². The maximum atomic E-state index is 11.4. The number of methoxy groups -OCH3 is 1. The highest BCUT2D eigenvalue weighted by atomic mass is 28.3. The molecule has 0 N–H and O–H groups in total. The number of rotatable bonds is 5. The summed E-state index contributed by atoms with van der Waals surface area (Å²) in [6.07, 6.45) is 2.97. The van der Waals surface area contributed by atoms with Crippen LogP contribution in [0.3, 0.4) is 0 Å². The van der Waals surface area contributed by atoms with Gasteiger partial charge in [-0.15, -0.1) is 0 Å². The molecule has 0 rings (SSSR count). The molecule has 0 bridgehead atoms. The van der Waals surface area contributed by atoms with Crippen LogP contribution in [0.4, 0.5) is 0 Å². The summed E-state index contributed by atoms with van der Waals surface area (Å²) in [7, 11) is -0.248. The van der Waals surface area contributed by atoms with Crippen LogP contribution in [-0.2, 0) is 19.1 Å². The highest BCUT2D eigenvalue weighted by Gasteiger charge is 2.28. The van der Waals surface area contributed by atoms with Gasteiger partial charge in [-0.2, -0.15) is 0 Å². The number of carbonyl (C=O) groups is 2. The number of esters is 2. The topological polar surface area (TPSA) is 52.6 Å². The molecule has 0 heterocycles. The minimum Gasteiger partial charge on any atom is -0.466 e. The molecule has 0 amide bonds. The van der Waals surface area contributed by atoms with E-state index in [4.69, 9.17) is 4.74 Å². The Balaban J connectivity index is 4.33. The second-order valence-electron chi connectivity index (χ2n) is 4.56. The number of ether oxygens (including phenoxy) is 2. The van der Waals surface area contributed by atoms with E-state index < -0.39 is 20.0 Å². The second-order valence-corrected chi connectivity index (χ2v) is 9.93. The van der Waals surface area contributed by atoms with E-state index in [2.05, 4.69) is 24.4 Å². The first-order valence-electron chi connectivity index (χ1n) is 5.28. The lowest BCUT2D eigenvalue weighted by molar-refractivity contribution is -0.141. The molecule has 0 aromatic carbocycles. The van der Waals surface area contributed by atoms with E-state index in [0.717, 1.165) is 18.6 Å². The van der Waals surface area contributed by atoms with Gasteiger partial charge in [-0.05, 0) is 6.42 Å². The van der Waals surface area contributed by atoms with Gasteiger partial charge in [-0.3, -0.25) is 0 Å². The first-order valence-corrected chi connectivity index (χ1v) is 8.85. The monoisotopic (exact) mass is 244 g/mol. The molecule has 5 heteroatoms. The van der Waals surface area contributed by atoms with Gasteiger partial charge >= 0.3 is 11.9 Å². The van der Waals surface area contributed by atoms with Crippen molar-refractivity contribution in [1.29, 1.82) is 0 Å². The standard InChI is InChI=1S/C11H20O4Si/c1-6-11(16(3,4)5)15-10(13)8-7-9(12)14-2/h7-8,11H,6H2,1-5H3. The zero-order valence-corrected chi connectivity index (χ0v) is 11.6. The van der Waals surface area contributed by atoms with Crippen LogP contribution in [-0.4, -0.2) is 32.8 Å². The molecule has 0 spiro atoms. The summed E-state index contributed by atoms with van der Waals surface area (Å²) in [5.74, 6) is -1.04. The quantitative estimate of drug-likeness (QED) is 0.421. The molecule has 0 aliphatic heterocycles. The Kier molecular flexibility index (Phi) is 6.03. The summed E-state index contributed by atoms with van der Waals surface area (Å²) >= 11 is 0. The molecular formula is C11H20O4Si. The van der Waals surface area contributed by atoms with Crippen molar-refractivity contribution in [3.8, 4) is 0 Å². The third kappa shape index (κ3) is 5.70. The van der Waals surface area contributed by atoms with Gasteiger partial charge in [0.15, 0.2) is 0 Å². The normalized spacial score (nSPS) is 13.6. The zero-order chi connectivity index (χ0) is 12.8. The maximum absolute atomic E-state index is 11.4. The fourth-order valence-electron chi connectivity index (χ4n) is 1.26. The van der Waals surface area contributed by atoms with E-state index in [-0.39, 0.29) is 5.73 Å². The lowest BCUT2D eigenvalue weighted by atomic mass is 10.5. The van der Waals surface area contributed by atoms with Gasteiger partial charge < -0.3 is 9.47 Å². The van der Waals surface area contributed by atoms with E-state index >= 15 is 0 Å². The Bertz CT molecular complexity index is 278. The van der Waals surface area contributed by atoms with Crippen LogP contribution in [0.15, 0.2) is 12.2 Å². The van der Waals surface area contributed by atoms with Crippen molar-refractivity contribution >= 4 is 20.0 Å². The zero-order valence-electron chi connectivity index (χ0n) is 10.6.